The predicted octanol–water partition coefficient (Wildman–Crippen LogP) is 1.68. The van der Waals surface area contributed by atoms with E-state index in [1.807, 2.05) is 12.1 Å². The minimum atomic E-state index is 0.151. The largest absolute Gasteiger partial charge is 0.396 e. The number of aliphatic hydroxyl groups excluding tert-OH is 1. The van der Waals surface area contributed by atoms with Crippen molar-refractivity contribution in [1.29, 1.82) is 0 Å². The summed E-state index contributed by atoms with van der Waals surface area (Å²) >= 11 is 0. The van der Waals surface area contributed by atoms with Crippen LogP contribution in [0.15, 0.2) is 24.5 Å². The molecule has 15 heavy (non-hydrogen) atoms. The lowest BCUT2D eigenvalue weighted by Crippen LogP contribution is -2.43. The van der Waals surface area contributed by atoms with Gasteiger partial charge in [0.25, 0.3) is 0 Å². The SMILES string of the molecule is CN(CC1(CO)CCC1)c1ccncc1. The van der Waals surface area contributed by atoms with Crippen molar-refractivity contribution in [3.05, 3.63) is 24.5 Å². The molecule has 0 spiro atoms. The van der Waals surface area contributed by atoms with Crippen LogP contribution in [0.25, 0.3) is 0 Å². The number of hydrogen-bond acceptors (Lipinski definition) is 3. The predicted molar refractivity (Wildman–Crippen MR) is 60.9 cm³/mol. The lowest BCUT2D eigenvalue weighted by atomic mass is 9.69. The monoisotopic (exact) mass is 206 g/mol. The molecule has 3 nitrogen and oxygen atoms in total. The quantitative estimate of drug-likeness (QED) is 0.814. The molecule has 0 amide bonds. The first-order valence-corrected chi connectivity index (χ1v) is 5.48. The first kappa shape index (κ1) is 10.4. The number of pyridine rings is 1. The van der Waals surface area contributed by atoms with E-state index in [2.05, 4.69) is 16.9 Å². The summed E-state index contributed by atoms with van der Waals surface area (Å²) in [4.78, 5) is 6.21. The van der Waals surface area contributed by atoms with E-state index in [1.54, 1.807) is 12.4 Å². The van der Waals surface area contributed by atoms with Gasteiger partial charge in [-0.15, -0.1) is 0 Å². The van der Waals surface area contributed by atoms with E-state index < -0.39 is 0 Å². The number of hydrogen-bond donors (Lipinski definition) is 1. The van der Waals surface area contributed by atoms with Gasteiger partial charge >= 0.3 is 0 Å². The summed E-state index contributed by atoms with van der Waals surface area (Å²) in [6.07, 6.45) is 7.17. The van der Waals surface area contributed by atoms with E-state index >= 15 is 0 Å². The van der Waals surface area contributed by atoms with E-state index in [0.29, 0.717) is 6.61 Å². The number of anilines is 1. The molecule has 1 saturated carbocycles. The molecule has 1 aliphatic rings. The van der Waals surface area contributed by atoms with Gasteiger partial charge in [0, 0.05) is 37.1 Å². The Balaban J connectivity index is 2.00. The number of nitrogens with zero attached hydrogens (tertiary/aromatic N) is 2. The zero-order valence-electron chi connectivity index (χ0n) is 9.19. The zero-order chi connectivity index (χ0) is 10.7. The molecule has 1 N–H and O–H groups in total. The van der Waals surface area contributed by atoms with Crippen molar-refractivity contribution in [2.75, 3.05) is 25.1 Å². The third-order valence-electron chi connectivity index (χ3n) is 3.43. The molecule has 82 valence electrons. The Morgan fingerprint density at radius 1 is 1.40 bits per heavy atom. The molecule has 1 aromatic heterocycles. The highest BCUT2D eigenvalue weighted by Gasteiger charge is 2.37. The van der Waals surface area contributed by atoms with Gasteiger partial charge in [0.15, 0.2) is 0 Å². The first-order valence-electron chi connectivity index (χ1n) is 5.48. The van der Waals surface area contributed by atoms with Crippen LogP contribution in [-0.4, -0.2) is 30.3 Å². The van der Waals surface area contributed by atoms with Gasteiger partial charge in [-0.25, -0.2) is 0 Å². The van der Waals surface area contributed by atoms with Gasteiger partial charge in [0.1, 0.15) is 0 Å². The van der Waals surface area contributed by atoms with Crippen molar-refractivity contribution in [2.45, 2.75) is 19.3 Å². The third-order valence-corrected chi connectivity index (χ3v) is 3.43. The Morgan fingerprint density at radius 2 is 2.07 bits per heavy atom. The lowest BCUT2D eigenvalue weighted by Gasteiger charge is -2.43. The van der Waals surface area contributed by atoms with Crippen LogP contribution in [0.1, 0.15) is 19.3 Å². The maximum atomic E-state index is 9.39. The number of rotatable bonds is 4. The molecule has 1 fully saturated rings. The van der Waals surface area contributed by atoms with Crippen LogP contribution in [0.4, 0.5) is 5.69 Å². The highest BCUT2D eigenvalue weighted by molar-refractivity contribution is 5.43. The Morgan fingerprint density at radius 3 is 2.53 bits per heavy atom. The summed E-state index contributed by atoms with van der Waals surface area (Å²) in [5.41, 5.74) is 1.32. The topological polar surface area (TPSA) is 36.4 Å². The zero-order valence-corrected chi connectivity index (χ0v) is 9.19. The normalized spacial score (nSPS) is 18.3. The molecule has 0 aromatic carbocycles. The summed E-state index contributed by atoms with van der Waals surface area (Å²) in [5.74, 6) is 0. The summed E-state index contributed by atoms with van der Waals surface area (Å²) < 4.78 is 0. The second-order valence-electron chi connectivity index (χ2n) is 4.57. The Bertz CT molecular complexity index is 303. The van der Waals surface area contributed by atoms with Crippen molar-refractivity contribution < 1.29 is 5.11 Å². The van der Waals surface area contributed by atoms with Gasteiger partial charge in [0.2, 0.25) is 0 Å². The molecule has 0 bridgehead atoms. The Labute approximate surface area is 90.8 Å². The molecule has 2 rings (SSSR count). The molecular formula is C12H18N2O. The molecule has 0 radical (unpaired) electrons. The highest BCUT2D eigenvalue weighted by atomic mass is 16.3. The number of aliphatic hydroxyl groups is 1. The van der Waals surface area contributed by atoms with Gasteiger partial charge < -0.3 is 10.0 Å². The molecule has 0 aliphatic heterocycles. The van der Waals surface area contributed by atoms with Gasteiger partial charge in [-0.05, 0) is 25.0 Å². The summed E-state index contributed by atoms with van der Waals surface area (Å²) in [6.45, 7) is 1.25. The van der Waals surface area contributed by atoms with Crippen molar-refractivity contribution >= 4 is 5.69 Å². The van der Waals surface area contributed by atoms with E-state index in [4.69, 9.17) is 0 Å². The van der Waals surface area contributed by atoms with E-state index in [0.717, 1.165) is 19.4 Å². The second kappa shape index (κ2) is 4.19. The molecule has 1 aliphatic carbocycles. The smallest absolute Gasteiger partial charge is 0.0504 e. The standard InChI is InChI=1S/C12H18N2O/c1-14(11-3-7-13-8-4-11)9-12(10-15)5-2-6-12/h3-4,7-8,15H,2,5-6,9-10H2,1H3. The fourth-order valence-electron chi connectivity index (χ4n) is 2.24. The minimum absolute atomic E-state index is 0.151. The van der Waals surface area contributed by atoms with Crippen LogP contribution in [-0.2, 0) is 0 Å². The molecule has 0 unspecified atom stereocenters. The van der Waals surface area contributed by atoms with Crippen molar-refractivity contribution in [3.8, 4) is 0 Å². The third kappa shape index (κ3) is 2.12. The number of aromatic nitrogens is 1. The Hall–Kier alpha value is -1.09. The van der Waals surface area contributed by atoms with Crippen LogP contribution in [0, 0.1) is 5.41 Å². The van der Waals surface area contributed by atoms with Crippen molar-refractivity contribution in [2.24, 2.45) is 5.41 Å². The molecule has 1 aromatic rings. The van der Waals surface area contributed by atoms with Crippen LogP contribution in [0.5, 0.6) is 0 Å². The first-order chi connectivity index (χ1) is 7.26. The van der Waals surface area contributed by atoms with Crippen LogP contribution >= 0.6 is 0 Å². The highest BCUT2D eigenvalue weighted by Crippen LogP contribution is 2.41. The van der Waals surface area contributed by atoms with Gasteiger partial charge in [0.05, 0.1) is 6.61 Å². The average Bonchev–Trinajstić information content (AvgIpc) is 2.24. The van der Waals surface area contributed by atoms with Crippen LogP contribution in [0.3, 0.4) is 0 Å². The summed E-state index contributed by atoms with van der Waals surface area (Å²) in [5, 5.41) is 9.39. The van der Waals surface area contributed by atoms with E-state index in [9.17, 15) is 5.11 Å². The molecule has 3 heteroatoms. The maximum Gasteiger partial charge on any atom is 0.0504 e. The van der Waals surface area contributed by atoms with Crippen LogP contribution in [0.2, 0.25) is 0 Å². The molecule has 0 atom stereocenters. The fourth-order valence-corrected chi connectivity index (χ4v) is 2.24. The van der Waals surface area contributed by atoms with Gasteiger partial charge in [-0.2, -0.15) is 0 Å². The molecular weight excluding hydrogens is 188 g/mol. The Kier molecular flexibility index (Phi) is 2.91. The van der Waals surface area contributed by atoms with E-state index in [1.165, 1.54) is 12.1 Å². The van der Waals surface area contributed by atoms with Gasteiger partial charge in [-0.3, -0.25) is 4.98 Å². The average molecular weight is 206 g/mol. The van der Waals surface area contributed by atoms with Crippen molar-refractivity contribution in [1.82, 2.24) is 4.98 Å². The minimum Gasteiger partial charge on any atom is -0.396 e. The van der Waals surface area contributed by atoms with Crippen LogP contribution < -0.4 is 4.90 Å². The van der Waals surface area contributed by atoms with Crippen molar-refractivity contribution in [3.63, 3.8) is 0 Å². The maximum absolute atomic E-state index is 9.39. The fraction of sp³-hybridized carbons (Fsp3) is 0.583. The van der Waals surface area contributed by atoms with Gasteiger partial charge in [-0.1, -0.05) is 6.42 Å². The summed E-state index contributed by atoms with van der Waals surface area (Å²) in [7, 11) is 2.07. The molecule has 1 heterocycles. The lowest BCUT2D eigenvalue weighted by molar-refractivity contribution is 0.0524. The molecule has 0 saturated heterocycles. The summed E-state index contributed by atoms with van der Waals surface area (Å²) in [6, 6.07) is 4.01. The second-order valence-corrected chi connectivity index (χ2v) is 4.57. The van der Waals surface area contributed by atoms with E-state index in [-0.39, 0.29) is 5.41 Å².